The molecule has 1 aliphatic heterocycles. The van der Waals surface area contributed by atoms with Gasteiger partial charge in [-0.15, -0.1) is 0 Å². The standard InChI is InChI=1S/C11H20N2.C2H6/c1-9-7-10(12-8-9)5-6-13(2)11-3-4-11;1-2/h10-12H,1,3-8H2,2H3;1-2H3. The molecule has 0 spiro atoms. The van der Waals surface area contributed by atoms with Crippen LogP contribution in [0.3, 0.4) is 0 Å². The summed E-state index contributed by atoms with van der Waals surface area (Å²) in [6, 6.07) is 1.61. The van der Waals surface area contributed by atoms with Gasteiger partial charge in [0, 0.05) is 18.6 Å². The number of rotatable bonds is 4. The first kappa shape index (κ1) is 12.7. The van der Waals surface area contributed by atoms with E-state index in [4.69, 9.17) is 0 Å². The summed E-state index contributed by atoms with van der Waals surface area (Å²) in [6.45, 7) is 10.3. The Balaban J connectivity index is 0.000000531. The highest BCUT2D eigenvalue weighted by molar-refractivity contribution is 5.06. The summed E-state index contributed by atoms with van der Waals surface area (Å²) in [5.74, 6) is 0. The van der Waals surface area contributed by atoms with Crippen molar-refractivity contribution in [3.8, 4) is 0 Å². The topological polar surface area (TPSA) is 15.3 Å². The van der Waals surface area contributed by atoms with E-state index in [1.54, 1.807) is 0 Å². The zero-order chi connectivity index (χ0) is 11.3. The van der Waals surface area contributed by atoms with Gasteiger partial charge in [-0.05, 0) is 39.3 Å². The molecule has 0 radical (unpaired) electrons. The van der Waals surface area contributed by atoms with Crippen molar-refractivity contribution in [3.05, 3.63) is 12.2 Å². The monoisotopic (exact) mass is 210 g/mol. The van der Waals surface area contributed by atoms with Crippen molar-refractivity contribution < 1.29 is 0 Å². The predicted molar refractivity (Wildman–Crippen MR) is 67.2 cm³/mol. The summed E-state index contributed by atoms with van der Waals surface area (Å²) in [7, 11) is 2.25. The Morgan fingerprint density at radius 2 is 2.07 bits per heavy atom. The molecule has 1 atom stereocenters. The van der Waals surface area contributed by atoms with Gasteiger partial charge in [0.2, 0.25) is 0 Å². The van der Waals surface area contributed by atoms with Crippen LogP contribution in [0.4, 0.5) is 0 Å². The molecule has 0 aromatic carbocycles. The lowest BCUT2D eigenvalue weighted by molar-refractivity contribution is 0.304. The van der Waals surface area contributed by atoms with Crippen LogP contribution in [0, 0.1) is 0 Å². The lowest BCUT2D eigenvalue weighted by Gasteiger charge is -2.18. The SMILES string of the molecule is C=C1CNC(CCN(C)C2CC2)C1.CC. The minimum absolute atomic E-state index is 0.702. The fourth-order valence-corrected chi connectivity index (χ4v) is 2.04. The molecule has 2 heteroatoms. The van der Waals surface area contributed by atoms with Crippen molar-refractivity contribution in [1.29, 1.82) is 0 Å². The van der Waals surface area contributed by atoms with Gasteiger partial charge in [0.15, 0.2) is 0 Å². The first-order valence-corrected chi connectivity index (χ1v) is 6.36. The van der Waals surface area contributed by atoms with E-state index in [2.05, 4.69) is 23.8 Å². The normalized spacial score (nSPS) is 25.3. The van der Waals surface area contributed by atoms with E-state index in [0.29, 0.717) is 6.04 Å². The van der Waals surface area contributed by atoms with E-state index in [-0.39, 0.29) is 0 Å². The minimum atomic E-state index is 0.702. The molecule has 2 aliphatic rings. The smallest absolute Gasteiger partial charge is 0.0165 e. The summed E-state index contributed by atoms with van der Waals surface area (Å²) in [6.07, 6.45) is 5.31. The van der Waals surface area contributed by atoms with Crippen LogP contribution in [0.2, 0.25) is 0 Å². The molecule has 0 amide bonds. The van der Waals surface area contributed by atoms with Crippen LogP contribution in [0.25, 0.3) is 0 Å². The van der Waals surface area contributed by atoms with E-state index in [9.17, 15) is 0 Å². The van der Waals surface area contributed by atoms with Gasteiger partial charge >= 0.3 is 0 Å². The lowest BCUT2D eigenvalue weighted by atomic mass is 10.1. The first-order valence-electron chi connectivity index (χ1n) is 6.36. The molecule has 2 nitrogen and oxygen atoms in total. The quantitative estimate of drug-likeness (QED) is 0.717. The fraction of sp³-hybridized carbons (Fsp3) is 0.846. The summed E-state index contributed by atoms with van der Waals surface area (Å²) in [4.78, 5) is 2.50. The van der Waals surface area contributed by atoms with Gasteiger partial charge in [-0.3, -0.25) is 0 Å². The van der Waals surface area contributed by atoms with Gasteiger partial charge < -0.3 is 10.2 Å². The molecule has 1 unspecified atom stereocenters. The highest BCUT2D eigenvalue weighted by Gasteiger charge is 2.26. The van der Waals surface area contributed by atoms with Crippen LogP contribution in [-0.4, -0.2) is 37.1 Å². The fourth-order valence-electron chi connectivity index (χ4n) is 2.04. The first-order chi connectivity index (χ1) is 7.25. The van der Waals surface area contributed by atoms with E-state index < -0.39 is 0 Å². The Bertz CT molecular complexity index is 197. The highest BCUT2D eigenvalue weighted by Crippen LogP contribution is 2.25. The molecule has 0 aromatic heterocycles. The second kappa shape index (κ2) is 6.29. The van der Waals surface area contributed by atoms with Crippen LogP contribution >= 0.6 is 0 Å². The van der Waals surface area contributed by atoms with Crippen molar-refractivity contribution in [2.75, 3.05) is 20.1 Å². The summed E-state index contributed by atoms with van der Waals surface area (Å²) < 4.78 is 0. The van der Waals surface area contributed by atoms with E-state index in [0.717, 1.165) is 12.6 Å². The van der Waals surface area contributed by atoms with Crippen molar-refractivity contribution >= 4 is 0 Å². The van der Waals surface area contributed by atoms with Crippen LogP contribution in [0.1, 0.15) is 39.5 Å². The third kappa shape index (κ3) is 4.35. The summed E-state index contributed by atoms with van der Waals surface area (Å²) >= 11 is 0. The van der Waals surface area contributed by atoms with Crippen LogP contribution in [-0.2, 0) is 0 Å². The Morgan fingerprint density at radius 3 is 2.53 bits per heavy atom. The molecular formula is C13H26N2. The molecule has 0 aromatic rings. The van der Waals surface area contributed by atoms with Crippen molar-refractivity contribution in [2.45, 2.75) is 51.6 Å². The van der Waals surface area contributed by atoms with Gasteiger partial charge in [0.1, 0.15) is 0 Å². The molecule has 1 saturated heterocycles. The Morgan fingerprint density at radius 1 is 1.40 bits per heavy atom. The Kier molecular flexibility index (Phi) is 5.34. The zero-order valence-corrected chi connectivity index (χ0v) is 10.6. The Labute approximate surface area is 94.7 Å². The van der Waals surface area contributed by atoms with Gasteiger partial charge in [0.25, 0.3) is 0 Å². The second-order valence-corrected chi connectivity index (χ2v) is 4.53. The maximum atomic E-state index is 4.00. The van der Waals surface area contributed by atoms with E-state index in [1.165, 1.54) is 37.8 Å². The van der Waals surface area contributed by atoms with Crippen molar-refractivity contribution in [2.24, 2.45) is 0 Å². The van der Waals surface area contributed by atoms with E-state index in [1.807, 2.05) is 13.8 Å². The second-order valence-electron chi connectivity index (χ2n) is 4.53. The molecule has 15 heavy (non-hydrogen) atoms. The van der Waals surface area contributed by atoms with Gasteiger partial charge in [-0.1, -0.05) is 26.0 Å². The molecule has 1 heterocycles. The molecule has 2 fully saturated rings. The molecule has 1 saturated carbocycles. The van der Waals surface area contributed by atoms with Crippen LogP contribution in [0.15, 0.2) is 12.2 Å². The third-order valence-electron chi connectivity index (χ3n) is 3.18. The molecule has 1 aliphatic carbocycles. The molecule has 2 rings (SSSR count). The average Bonchev–Trinajstić information content (AvgIpc) is 3.02. The molecule has 0 bridgehead atoms. The van der Waals surface area contributed by atoms with Crippen LogP contribution < -0.4 is 5.32 Å². The summed E-state index contributed by atoms with van der Waals surface area (Å²) in [5, 5.41) is 3.49. The van der Waals surface area contributed by atoms with Crippen LogP contribution in [0.5, 0.6) is 0 Å². The van der Waals surface area contributed by atoms with Crippen molar-refractivity contribution in [1.82, 2.24) is 10.2 Å². The van der Waals surface area contributed by atoms with E-state index >= 15 is 0 Å². The van der Waals surface area contributed by atoms with Gasteiger partial charge in [0.05, 0.1) is 0 Å². The number of nitrogens with zero attached hydrogens (tertiary/aromatic N) is 1. The molecule has 1 N–H and O–H groups in total. The number of hydrogen-bond acceptors (Lipinski definition) is 2. The third-order valence-corrected chi connectivity index (χ3v) is 3.18. The largest absolute Gasteiger partial charge is 0.310 e. The maximum Gasteiger partial charge on any atom is 0.0165 e. The lowest BCUT2D eigenvalue weighted by Crippen LogP contribution is -2.29. The number of hydrogen-bond donors (Lipinski definition) is 1. The highest BCUT2D eigenvalue weighted by atomic mass is 15.2. The molecular weight excluding hydrogens is 184 g/mol. The Hall–Kier alpha value is -0.340. The number of nitrogens with one attached hydrogen (secondary N) is 1. The average molecular weight is 210 g/mol. The minimum Gasteiger partial charge on any atom is -0.310 e. The molecule has 88 valence electrons. The predicted octanol–water partition coefficient (Wildman–Crippen LogP) is 2.42. The van der Waals surface area contributed by atoms with Gasteiger partial charge in [-0.2, -0.15) is 0 Å². The van der Waals surface area contributed by atoms with Gasteiger partial charge in [-0.25, -0.2) is 0 Å². The summed E-state index contributed by atoms with van der Waals surface area (Å²) in [5.41, 5.74) is 1.37. The zero-order valence-electron chi connectivity index (χ0n) is 10.6. The van der Waals surface area contributed by atoms with Crippen molar-refractivity contribution in [3.63, 3.8) is 0 Å². The maximum absolute atomic E-state index is 4.00.